The molecule has 3 aromatic rings. The van der Waals surface area contributed by atoms with Gasteiger partial charge < -0.3 is 11.1 Å². The van der Waals surface area contributed by atoms with Crippen LogP contribution in [0.15, 0.2) is 46.1 Å². The monoisotopic (exact) mass is 356 g/mol. The number of aromatic nitrogens is 4. The molecule has 9 heteroatoms. The number of hydrogen-bond acceptors (Lipinski definition) is 6. The predicted molar refractivity (Wildman–Crippen MR) is 95.3 cm³/mol. The van der Waals surface area contributed by atoms with E-state index in [2.05, 4.69) is 20.3 Å². The fourth-order valence-corrected chi connectivity index (χ4v) is 2.38. The number of nitrogens with one attached hydrogen (secondary N) is 2. The van der Waals surface area contributed by atoms with E-state index in [4.69, 9.17) is 5.73 Å². The number of nitrogens with zero attached hydrogens (tertiary/aromatic N) is 3. The van der Waals surface area contributed by atoms with Crippen molar-refractivity contribution >= 4 is 11.6 Å². The molecule has 0 fully saturated rings. The highest BCUT2D eigenvalue weighted by atomic mass is 19.1. The van der Waals surface area contributed by atoms with Crippen LogP contribution in [-0.2, 0) is 13.1 Å². The van der Waals surface area contributed by atoms with Gasteiger partial charge in [-0.25, -0.2) is 19.2 Å². The maximum absolute atomic E-state index is 12.9. The van der Waals surface area contributed by atoms with E-state index in [1.54, 1.807) is 13.1 Å². The molecule has 1 aromatic carbocycles. The Balaban J connectivity index is 1.77. The van der Waals surface area contributed by atoms with Gasteiger partial charge >= 0.3 is 5.69 Å². The number of benzene rings is 1. The molecule has 0 aliphatic heterocycles. The first-order valence-corrected chi connectivity index (χ1v) is 7.83. The molecule has 134 valence electrons. The lowest BCUT2D eigenvalue weighted by molar-refractivity contribution is 0.625. The fourth-order valence-electron chi connectivity index (χ4n) is 2.38. The van der Waals surface area contributed by atoms with Gasteiger partial charge in [-0.15, -0.1) is 0 Å². The summed E-state index contributed by atoms with van der Waals surface area (Å²) in [4.78, 5) is 35.1. The molecule has 0 unspecified atom stereocenters. The molecular weight excluding hydrogens is 339 g/mol. The maximum Gasteiger partial charge on any atom is 0.330 e. The zero-order valence-corrected chi connectivity index (χ0v) is 14.0. The van der Waals surface area contributed by atoms with Gasteiger partial charge in [0, 0.05) is 24.4 Å². The summed E-state index contributed by atoms with van der Waals surface area (Å²) in [7, 11) is 0. The second-order valence-corrected chi connectivity index (χ2v) is 5.72. The van der Waals surface area contributed by atoms with Crippen molar-refractivity contribution in [2.24, 2.45) is 0 Å². The number of nitrogens with two attached hydrogens (primary N) is 1. The summed E-state index contributed by atoms with van der Waals surface area (Å²) in [6.07, 6.45) is 1.58. The van der Waals surface area contributed by atoms with E-state index in [1.165, 1.54) is 30.3 Å². The average molecular weight is 356 g/mol. The smallest absolute Gasteiger partial charge is 0.330 e. The first-order valence-electron chi connectivity index (χ1n) is 7.83. The molecule has 4 N–H and O–H groups in total. The predicted octanol–water partition coefficient (Wildman–Crippen LogP) is 1.02. The first kappa shape index (κ1) is 17.3. The summed E-state index contributed by atoms with van der Waals surface area (Å²) in [5.41, 5.74) is 6.05. The Labute approximate surface area is 147 Å². The number of hydrogen-bond donors (Lipinski definition) is 3. The van der Waals surface area contributed by atoms with E-state index < -0.39 is 11.2 Å². The fraction of sp³-hybridized carbons (Fsp3) is 0.176. The Hall–Kier alpha value is -3.49. The summed E-state index contributed by atoms with van der Waals surface area (Å²) in [6, 6.07) is 6.87. The second-order valence-electron chi connectivity index (χ2n) is 5.72. The zero-order chi connectivity index (χ0) is 18.7. The van der Waals surface area contributed by atoms with Gasteiger partial charge in [-0.05, 0) is 24.6 Å². The largest absolute Gasteiger partial charge is 0.383 e. The number of aromatic amines is 1. The van der Waals surface area contributed by atoms with Crippen molar-refractivity contribution in [1.82, 2.24) is 19.5 Å². The Morgan fingerprint density at radius 2 is 2.00 bits per heavy atom. The number of nitrogen functional groups attached to an aromatic ring is 1. The van der Waals surface area contributed by atoms with E-state index in [1.807, 2.05) is 0 Å². The molecule has 0 radical (unpaired) electrons. The van der Waals surface area contributed by atoms with Crippen LogP contribution in [0.25, 0.3) is 0 Å². The minimum absolute atomic E-state index is 0.0491. The molecule has 3 rings (SSSR count). The van der Waals surface area contributed by atoms with Gasteiger partial charge in [0.1, 0.15) is 23.3 Å². The third-order valence-electron chi connectivity index (χ3n) is 3.76. The zero-order valence-electron chi connectivity index (χ0n) is 14.0. The van der Waals surface area contributed by atoms with Crippen LogP contribution in [0.5, 0.6) is 0 Å². The van der Waals surface area contributed by atoms with Crippen LogP contribution >= 0.6 is 0 Å². The van der Waals surface area contributed by atoms with Gasteiger partial charge in [0.2, 0.25) is 0 Å². The quantitative estimate of drug-likeness (QED) is 0.628. The molecular formula is C17H17FN6O2. The normalized spacial score (nSPS) is 10.7. The second kappa shape index (κ2) is 7.18. The van der Waals surface area contributed by atoms with Crippen LogP contribution in [0.1, 0.15) is 17.0 Å². The lowest BCUT2D eigenvalue weighted by Crippen LogP contribution is -2.35. The minimum atomic E-state index is -0.572. The van der Waals surface area contributed by atoms with E-state index in [0.29, 0.717) is 22.8 Å². The highest BCUT2D eigenvalue weighted by Crippen LogP contribution is 2.09. The van der Waals surface area contributed by atoms with Crippen LogP contribution in [0.2, 0.25) is 0 Å². The number of aryl methyl sites for hydroxylation is 1. The van der Waals surface area contributed by atoms with Crippen molar-refractivity contribution in [3.63, 3.8) is 0 Å². The Kier molecular flexibility index (Phi) is 4.78. The van der Waals surface area contributed by atoms with Crippen molar-refractivity contribution in [2.45, 2.75) is 20.0 Å². The van der Waals surface area contributed by atoms with Gasteiger partial charge in [0.05, 0.1) is 6.54 Å². The van der Waals surface area contributed by atoms with Gasteiger partial charge in [-0.1, -0.05) is 12.1 Å². The summed E-state index contributed by atoms with van der Waals surface area (Å²) in [6.45, 7) is 2.03. The van der Waals surface area contributed by atoms with E-state index in [9.17, 15) is 14.0 Å². The van der Waals surface area contributed by atoms with Gasteiger partial charge in [-0.2, -0.15) is 0 Å². The van der Waals surface area contributed by atoms with E-state index in [-0.39, 0.29) is 24.7 Å². The summed E-state index contributed by atoms with van der Waals surface area (Å²) in [5.74, 6) is 0.768. The molecule has 0 saturated carbocycles. The highest BCUT2D eigenvalue weighted by Gasteiger charge is 2.07. The highest BCUT2D eigenvalue weighted by molar-refractivity contribution is 5.41. The number of halogens is 1. The van der Waals surface area contributed by atoms with Crippen molar-refractivity contribution in [1.29, 1.82) is 0 Å². The first-order chi connectivity index (χ1) is 12.4. The van der Waals surface area contributed by atoms with Crippen molar-refractivity contribution in [3.8, 4) is 0 Å². The topological polar surface area (TPSA) is 119 Å². The van der Waals surface area contributed by atoms with Crippen molar-refractivity contribution < 1.29 is 4.39 Å². The SMILES string of the molecule is Cc1ncc(CNc2cc(=O)n(Cc3ccc(F)cc3)c(=O)[nH]2)c(N)n1. The minimum Gasteiger partial charge on any atom is -0.383 e. The van der Waals surface area contributed by atoms with Crippen LogP contribution in [-0.4, -0.2) is 19.5 Å². The van der Waals surface area contributed by atoms with Gasteiger partial charge in [0.25, 0.3) is 5.56 Å². The van der Waals surface area contributed by atoms with E-state index in [0.717, 1.165) is 4.57 Å². The molecule has 0 amide bonds. The van der Waals surface area contributed by atoms with Crippen LogP contribution in [0.4, 0.5) is 16.0 Å². The summed E-state index contributed by atoms with van der Waals surface area (Å²) >= 11 is 0. The van der Waals surface area contributed by atoms with Crippen molar-refractivity contribution in [3.05, 3.63) is 80.1 Å². The molecule has 0 atom stereocenters. The Morgan fingerprint density at radius 3 is 2.65 bits per heavy atom. The molecule has 0 spiro atoms. The molecule has 8 nitrogen and oxygen atoms in total. The molecule has 2 aromatic heterocycles. The van der Waals surface area contributed by atoms with Crippen LogP contribution in [0, 0.1) is 12.7 Å². The van der Waals surface area contributed by atoms with Crippen LogP contribution < -0.4 is 22.3 Å². The van der Waals surface area contributed by atoms with Crippen LogP contribution in [0.3, 0.4) is 0 Å². The van der Waals surface area contributed by atoms with Crippen molar-refractivity contribution in [2.75, 3.05) is 11.1 Å². The molecule has 0 bridgehead atoms. The number of H-pyrrole nitrogens is 1. The third kappa shape index (κ3) is 3.94. The van der Waals surface area contributed by atoms with Gasteiger partial charge in [-0.3, -0.25) is 14.3 Å². The molecule has 0 aliphatic carbocycles. The Morgan fingerprint density at radius 1 is 1.27 bits per heavy atom. The average Bonchev–Trinajstić information content (AvgIpc) is 2.59. The standard InChI is InChI=1S/C17H17FN6O2/c1-10-20-7-12(16(19)22-10)8-21-14-6-15(25)24(17(26)23-14)9-11-2-4-13(18)5-3-11/h2-7,21H,8-9H2,1H3,(H,23,26)(H2,19,20,22). The molecule has 0 aliphatic rings. The molecule has 26 heavy (non-hydrogen) atoms. The Bertz CT molecular complexity index is 1010. The molecule has 2 heterocycles. The molecule has 0 saturated heterocycles. The third-order valence-corrected chi connectivity index (χ3v) is 3.76. The number of anilines is 2. The van der Waals surface area contributed by atoms with E-state index >= 15 is 0 Å². The maximum atomic E-state index is 12.9. The lowest BCUT2D eigenvalue weighted by atomic mass is 10.2. The lowest BCUT2D eigenvalue weighted by Gasteiger charge is -2.10. The van der Waals surface area contributed by atoms with Gasteiger partial charge in [0.15, 0.2) is 0 Å². The summed E-state index contributed by atoms with van der Waals surface area (Å²) < 4.78 is 14.0. The summed E-state index contributed by atoms with van der Waals surface area (Å²) in [5, 5.41) is 2.92. The number of rotatable bonds is 5.